The van der Waals surface area contributed by atoms with E-state index in [2.05, 4.69) is 4.98 Å². The van der Waals surface area contributed by atoms with E-state index < -0.39 is 0 Å². The number of ether oxygens (including phenoxy) is 1. The molecule has 0 radical (unpaired) electrons. The van der Waals surface area contributed by atoms with E-state index in [1.165, 1.54) is 10.9 Å². The van der Waals surface area contributed by atoms with Crippen LogP contribution in [0.4, 0.5) is 0 Å². The first-order valence-corrected chi connectivity index (χ1v) is 6.46. The summed E-state index contributed by atoms with van der Waals surface area (Å²) in [4.78, 5) is 15.7. The summed E-state index contributed by atoms with van der Waals surface area (Å²) in [5.74, 6) is 0.782. The molecule has 0 aliphatic heterocycles. The highest BCUT2D eigenvalue weighted by atomic mass is 16.5. The van der Waals surface area contributed by atoms with Crippen LogP contribution in [0.1, 0.15) is 11.2 Å². The number of carbonyl (C=O) groups excluding carboxylic acids is 1. The Balaban J connectivity index is 1.67. The molecule has 0 saturated carbocycles. The largest absolute Gasteiger partial charge is 0.492 e. The average molecular weight is 266 g/mol. The molecule has 3 aromatic rings. The lowest BCUT2D eigenvalue weighted by Gasteiger charge is -2.09. The van der Waals surface area contributed by atoms with Crippen molar-refractivity contribution in [3.05, 3.63) is 61.2 Å². The minimum atomic E-state index is -0.0252. The molecule has 1 aromatic heterocycles. The van der Waals surface area contributed by atoms with E-state index in [1.807, 2.05) is 42.5 Å². The van der Waals surface area contributed by atoms with Crippen molar-refractivity contribution >= 4 is 16.7 Å². The lowest BCUT2D eigenvalue weighted by Crippen LogP contribution is -2.12. The van der Waals surface area contributed by atoms with Crippen molar-refractivity contribution in [3.63, 3.8) is 0 Å². The summed E-state index contributed by atoms with van der Waals surface area (Å²) >= 11 is 0. The Morgan fingerprint density at radius 2 is 2.00 bits per heavy atom. The first-order valence-electron chi connectivity index (χ1n) is 6.46. The van der Waals surface area contributed by atoms with Crippen LogP contribution in [0.15, 0.2) is 61.2 Å². The first-order chi connectivity index (χ1) is 9.84. The predicted molar refractivity (Wildman–Crippen MR) is 76.9 cm³/mol. The van der Waals surface area contributed by atoms with E-state index in [0.717, 1.165) is 16.5 Å². The standard InChI is InChI=1S/C16H14N2O2/c19-16(18-10-9-17-12-18)8-11-20-15-7-3-5-13-4-1-2-6-14(13)15/h1-7,9-10,12H,8,11H2. The fourth-order valence-corrected chi connectivity index (χ4v) is 2.11. The summed E-state index contributed by atoms with van der Waals surface area (Å²) in [6, 6.07) is 13.9. The summed E-state index contributed by atoms with van der Waals surface area (Å²) in [6.45, 7) is 0.352. The summed E-state index contributed by atoms with van der Waals surface area (Å²) in [5.41, 5.74) is 0. The topological polar surface area (TPSA) is 44.1 Å². The van der Waals surface area contributed by atoms with Gasteiger partial charge in [0, 0.05) is 17.8 Å². The average Bonchev–Trinajstić information content (AvgIpc) is 3.02. The fourth-order valence-electron chi connectivity index (χ4n) is 2.11. The van der Waals surface area contributed by atoms with Crippen molar-refractivity contribution in [2.45, 2.75) is 6.42 Å². The molecule has 1 heterocycles. The Hall–Kier alpha value is -2.62. The van der Waals surface area contributed by atoms with E-state index >= 15 is 0 Å². The molecule has 0 saturated heterocycles. The van der Waals surface area contributed by atoms with Crippen LogP contribution in [0.2, 0.25) is 0 Å². The number of nitrogens with zero attached hydrogens (tertiary/aromatic N) is 2. The molecule has 3 rings (SSSR count). The minimum absolute atomic E-state index is 0.0252. The maximum atomic E-state index is 11.8. The first kappa shape index (κ1) is 12.4. The van der Waals surface area contributed by atoms with E-state index in [4.69, 9.17) is 4.74 Å². The molecule has 100 valence electrons. The third-order valence-corrected chi connectivity index (χ3v) is 3.12. The smallest absolute Gasteiger partial charge is 0.235 e. The molecule has 0 atom stereocenters. The highest BCUT2D eigenvalue weighted by Crippen LogP contribution is 2.25. The highest BCUT2D eigenvalue weighted by Gasteiger charge is 2.05. The molecule has 4 heteroatoms. The molecule has 0 N–H and O–H groups in total. The van der Waals surface area contributed by atoms with Crippen molar-refractivity contribution in [1.82, 2.24) is 9.55 Å². The second kappa shape index (κ2) is 5.57. The molecule has 4 nitrogen and oxygen atoms in total. The summed E-state index contributed by atoms with van der Waals surface area (Å²) in [6.07, 6.45) is 5.05. The normalized spacial score (nSPS) is 10.6. The van der Waals surface area contributed by atoms with Crippen LogP contribution in [0.3, 0.4) is 0 Å². The molecule has 20 heavy (non-hydrogen) atoms. The van der Waals surface area contributed by atoms with Gasteiger partial charge in [-0.15, -0.1) is 0 Å². The van der Waals surface area contributed by atoms with Crippen LogP contribution in [0.25, 0.3) is 10.8 Å². The lowest BCUT2D eigenvalue weighted by atomic mass is 10.1. The molecule has 0 aliphatic rings. The van der Waals surface area contributed by atoms with Crippen LogP contribution in [0, 0.1) is 0 Å². The van der Waals surface area contributed by atoms with Crippen LogP contribution < -0.4 is 4.74 Å². The molecule has 0 bridgehead atoms. The van der Waals surface area contributed by atoms with E-state index in [-0.39, 0.29) is 5.91 Å². The van der Waals surface area contributed by atoms with Gasteiger partial charge in [-0.25, -0.2) is 4.98 Å². The molecule has 0 amide bonds. The molecular formula is C16H14N2O2. The zero-order chi connectivity index (χ0) is 13.8. The van der Waals surface area contributed by atoms with E-state index in [9.17, 15) is 4.79 Å². The van der Waals surface area contributed by atoms with Gasteiger partial charge < -0.3 is 4.74 Å². The summed E-state index contributed by atoms with van der Waals surface area (Å²) < 4.78 is 7.20. The zero-order valence-corrected chi connectivity index (χ0v) is 10.9. The molecule has 0 unspecified atom stereocenters. The van der Waals surface area contributed by atoms with Crippen molar-refractivity contribution in [2.75, 3.05) is 6.61 Å². The molecular weight excluding hydrogens is 252 g/mol. The quantitative estimate of drug-likeness (QED) is 0.728. The fraction of sp³-hybridized carbons (Fsp3) is 0.125. The highest BCUT2D eigenvalue weighted by molar-refractivity contribution is 5.88. The summed E-state index contributed by atoms with van der Waals surface area (Å²) in [7, 11) is 0. The maximum Gasteiger partial charge on any atom is 0.235 e. The van der Waals surface area contributed by atoms with Crippen LogP contribution in [-0.4, -0.2) is 22.1 Å². The van der Waals surface area contributed by atoms with Crippen molar-refractivity contribution < 1.29 is 9.53 Å². The van der Waals surface area contributed by atoms with Gasteiger partial charge in [0.1, 0.15) is 12.1 Å². The number of hydrogen-bond acceptors (Lipinski definition) is 3. The second-order valence-electron chi connectivity index (χ2n) is 4.44. The van der Waals surface area contributed by atoms with Crippen molar-refractivity contribution in [2.24, 2.45) is 0 Å². The number of hydrogen-bond donors (Lipinski definition) is 0. The van der Waals surface area contributed by atoms with Gasteiger partial charge in [0.05, 0.1) is 13.0 Å². The Bertz CT molecular complexity index is 715. The van der Waals surface area contributed by atoms with Gasteiger partial charge >= 0.3 is 0 Å². The number of carbonyl (C=O) groups is 1. The van der Waals surface area contributed by atoms with Crippen LogP contribution in [-0.2, 0) is 0 Å². The SMILES string of the molecule is O=C(CCOc1cccc2ccccc12)n1ccnc1. The van der Waals surface area contributed by atoms with E-state index in [0.29, 0.717) is 13.0 Å². The van der Waals surface area contributed by atoms with Crippen molar-refractivity contribution in [3.8, 4) is 5.75 Å². The Kier molecular flexibility index (Phi) is 3.46. The number of fused-ring (bicyclic) bond motifs is 1. The number of benzene rings is 2. The van der Waals surface area contributed by atoms with Gasteiger partial charge in [-0.3, -0.25) is 9.36 Å². The number of aromatic nitrogens is 2. The Morgan fingerprint density at radius 1 is 1.15 bits per heavy atom. The van der Waals surface area contributed by atoms with Crippen molar-refractivity contribution in [1.29, 1.82) is 0 Å². The monoisotopic (exact) mass is 266 g/mol. The van der Waals surface area contributed by atoms with Crippen LogP contribution >= 0.6 is 0 Å². The third kappa shape index (κ3) is 2.54. The zero-order valence-electron chi connectivity index (χ0n) is 10.9. The third-order valence-electron chi connectivity index (χ3n) is 3.12. The van der Waals surface area contributed by atoms with E-state index in [1.54, 1.807) is 12.4 Å². The van der Waals surface area contributed by atoms with Crippen LogP contribution in [0.5, 0.6) is 5.75 Å². The molecule has 0 spiro atoms. The lowest BCUT2D eigenvalue weighted by molar-refractivity contribution is 0.0881. The predicted octanol–water partition coefficient (Wildman–Crippen LogP) is 3.15. The molecule has 0 aliphatic carbocycles. The maximum absolute atomic E-state index is 11.8. The minimum Gasteiger partial charge on any atom is -0.492 e. The van der Waals surface area contributed by atoms with Gasteiger partial charge in [-0.05, 0) is 11.5 Å². The molecule has 0 fully saturated rings. The van der Waals surface area contributed by atoms with Gasteiger partial charge in [0.15, 0.2) is 0 Å². The molecule has 2 aromatic carbocycles. The number of rotatable bonds is 4. The second-order valence-corrected chi connectivity index (χ2v) is 4.44. The van der Waals surface area contributed by atoms with Gasteiger partial charge in [0.2, 0.25) is 5.91 Å². The van der Waals surface area contributed by atoms with Gasteiger partial charge in [-0.1, -0.05) is 36.4 Å². The Labute approximate surface area is 116 Å². The van der Waals surface area contributed by atoms with Gasteiger partial charge in [0.25, 0.3) is 0 Å². The number of imidazole rings is 1. The Morgan fingerprint density at radius 3 is 2.85 bits per heavy atom. The summed E-state index contributed by atoms with van der Waals surface area (Å²) in [5, 5.41) is 2.19. The van der Waals surface area contributed by atoms with Gasteiger partial charge in [-0.2, -0.15) is 0 Å².